The quantitative estimate of drug-likeness (QED) is 0.169. The number of nitrogens with zero attached hydrogens (tertiary/aromatic N) is 3. The number of hydrogen-bond donors (Lipinski definition) is 2. The Labute approximate surface area is 246 Å². The molecule has 0 radical (unpaired) electrons. The van der Waals surface area contributed by atoms with Crippen LogP contribution in [0.1, 0.15) is 26.7 Å². The van der Waals surface area contributed by atoms with E-state index < -0.39 is 46.1 Å². The van der Waals surface area contributed by atoms with Gasteiger partial charge in [0.25, 0.3) is 5.91 Å². The molecule has 2 aliphatic rings. The molecule has 43 heavy (non-hydrogen) atoms. The van der Waals surface area contributed by atoms with Gasteiger partial charge >= 0.3 is 6.18 Å². The summed E-state index contributed by atoms with van der Waals surface area (Å²) in [5.41, 5.74) is -3.47. The smallest absolute Gasteiger partial charge is 0.417 e. The van der Waals surface area contributed by atoms with Gasteiger partial charge in [0.05, 0.1) is 29.0 Å². The number of ether oxygens (including phenoxy) is 1. The van der Waals surface area contributed by atoms with Gasteiger partial charge in [0.15, 0.2) is 5.82 Å². The summed E-state index contributed by atoms with van der Waals surface area (Å²) in [4.78, 5) is 32.3. The molecule has 4 rings (SSSR count). The first-order chi connectivity index (χ1) is 20.3. The molecule has 1 aliphatic heterocycles. The number of carbonyl (C=O) groups is 2. The zero-order valence-electron chi connectivity index (χ0n) is 24.3. The highest BCUT2D eigenvalue weighted by Crippen LogP contribution is 2.41. The molecule has 2 aromatic rings. The van der Waals surface area contributed by atoms with Crippen LogP contribution in [0.4, 0.5) is 33.3 Å². The number of halogens is 5. The fourth-order valence-electron chi connectivity index (χ4n) is 4.97. The standard InChI is InChI=1S/C30H34F5N5O3/c1-17-14-40(15-18(2)39(17)4)24-12-23(31)26(20-7-9-37-25(11-20)43-16-19-5-6-19)27(32)28(24)38-29(42)21(13-36-3)22(8-10-41)30(33,34)35/h7-13,17-19,36H,5-6,14-16H2,1-4H3,(H,38,42)/b21-13+,22-8+. The number of likely N-dealkylation sites (N-methyl/N-ethyl adjacent to an activating group) is 1. The van der Waals surface area contributed by atoms with Gasteiger partial charge in [-0.25, -0.2) is 13.8 Å². The molecule has 1 aromatic heterocycles. The van der Waals surface area contributed by atoms with Crippen molar-refractivity contribution in [2.24, 2.45) is 5.92 Å². The lowest BCUT2D eigenvalue weighted by Gasteiger charge is -2.44. The Morgan fingerprint density at radius 3 is 2.42 bits per heavy atom. The Morgan fingerprint density at radius 2 is 1.84 bits per heavy atom. The molecule has 2 fully saturated rings. The topological polar surface area (TPSA) is 86.8 Å². The average Bonchev–Trinajstić information content (AvgIpc) is 3.78. The van der Waals surface area contributed by atoms with Crippen LogP contribution in [0.15, 0.2) is 47.8 Å². The summed E-state index contributed by atoms with van der Waals surface area (Å²) in [6.45, 7) is 4.92. The molecule has 2 unspecified atom stereocenters. The normalized spacial score (nSPS) is 20.2. The maximum absolute atomic E-state index is 16.5. The van der Waals surface area contributed by atoms with Crippen LogP contribution in [0, 0.1) is 17.6 Å². The molecule has 2 heterocycles. The van der Waals surface area contributed by atoms with Gasteiger partial charge in [-0.1, -0.05) is 0 Å². The molecule has 1 saturated carbocycles. The maximum Gasteiger partial charge on any atom is 0.417 e. The third-order valence-electron chi connectivity index (χ3n) is 7.69. The lowest BCUT2D eigenvalue weighted by molar-refractivity contribution is -0.115. The Morgan fingerprint density at radius 1 is 1.16 bits per heavy atom. The van der Waals surface area contributed by atoms with Gasteiger partial charge in [-0.15, -0.1) is 0 Å². The molecule has 1 aliphatic carbocycles. The molecule has 1 saturated heterocycles. The fraction of sp³-hybridized carbons (Fsp3) is 0.433. The number of rotatable bonds is 10. The van der Waals surface area contributed by atoms with E-state index in [1.54, 1.807) is 4.90 Å². The molecular weight excluding hydrogens is 573 g/mol. The van der Waals surface area contributed by atoms with E-state index in [4.69, 9.17) is 4.74 Å². The average molecular weight is 608 g/mol. The van der Waals surface area contributed by atoms with Crippen molar-refractivity contribution in [1.82, 2.24) is 15.2 Å². The van der Waals surface area contributed by atoms with Crippen molar-refractivity contribution >= 4 is 23.6 Å². The number of aldehydes is 1. The first-order valence-electron chi connectivity index (χ1n) is 13.9. The van der Waals surface area contributed by atoms with Gasteiger partial charge in [0, 0.05) is 56.8 Å². The van der Waals surface area contributed by atoms with E-state index in [0.29, 0.717) is 25.6 Å². The van der Waals surface area contributed by atoms with Gasteiger partial charge in [0.2, 0.25) is 5.88 Å². The zero-order valence-corrected chi connectivity index (χ0v) is 24.3. The van der Waals surface area contributed by atoms with E-state index in [-0.39, 0.29) is 41.6 Å². The van der Waals surface area contributed by atoms with Crippen molar-refractivity contribution in [3.05, 3.63) is 59.5 Å². The van der Waals surface area contributed by atoms with Crippen molar-refractivity contribution in [3.8, 4) is 17.0 Å². The van der Waals surface area contributed by atoms with Crippen LogP contribution in [-0.2, 0) is 9.59 Å². The summed E-state index contributed by atoms with van der Waals surface area (Å²) in [6.07, 6.45) is -0.821. The van der Waals surface area contributed by atoms with Crippen molar-refractivity contribution in [2.45, 2.75) is 44.9 Å². The van der Waals surface area contributed by atoms with Gasteiger partial charge in [-0.05, 0) is 57.4 Å². The van der Waals surface area contributed by atoms with Crippen molar-refractivity contribution in [3.63, 3.8) is 0 Å². The van der Waals surface area contributed by atoms with E-state index in [1.807, 2.05) is 20.9 Å². The van der Waals surface area contributed by atoms with E-state index in [9.17, 15) is 22.8 Å². The lowest BCUT2D eigenvalue weighted by Crippen LogP contribution is -2.55. The highest BCUT2D eigenvalue weighted by molar-refractivity contribution is 6.09. The number of amides is 1. The summed E-state index contributed by atoms with van der Waals surface area (Å²) in [5.74, 6) is -2.91. The zero-order chi connectivity index (χ0) is 31.5. The summed E-state index contributed by atoms with van der Waals surface area (Å²) >= 11 is 0. The van der Waals surface area contributed by atoms with E-state index >= 15 is 8.78 Å². The van der Waals surface area contributed by atoms with Crippen molar-refractivity contribution in [2.75, 3.05) is 44.0 Å². The van der Waals surface area contributed by atoms with Crippen molar-refractivity contribution < 1.29 is 36.3 Å². The molecular formula is C30H34F5N5O3. The number of pyridine rings is 1. The minimum Gasteiger partial charge on any atom is -0.477 e. The number of carbonyl (C=O) groups excluding carboxylic acids is 2. The fourth-order valence-corrected chi connectivity index (χ4v) is 4.97. The summed E-state index contributed by atoms with van der Waals surface area (Å²) in [7, 11) is 3.18. The minimum absolute atomic E-state index is 0.0325. The minimum atomic E-state index is -5.08. The van der Waals surface area contributed by atoms with Gasteiger partial charge in [-0.2, -0.15) is 13.2 Å². The highest BCUT2D eigenvalue weighted by atomic mass is 19.4. The monoisotopic (exact) mass is 607 g/mol. The van der Waals surface area contributed by atoms with Gasteiger partial charge in [0.1, 0.15) is 17.8 Å². The van der Waals surface area contributed by atoms with E-state index in [1.165, 1.54) is 25.4 Å². The maximum atomic E-state index is 16.5. The molecule has 8 nitrogen and oxygen atoms in total. The predicted molar refractivity (Wildman–Crippen MR) is 153 cm³/mol. The first kappa shape index (κ1) is 31.9. The number of aromatic nitrogens is 1. The molecule has 1 aromatic carbocycles. The summed E-state index contributed by atoms with van der Waals surface area (Å²) < 4.78 is 79.4. The number of benzene rings is 1. The Hall–Kier alpha value is -4.00. The Bertz CT molecular complexity index is 1410. The molecule has 13 heteroatoms. The number of anilines is 2. The molecule has 1 amide bonds. The van der Waals surface area contributed by atoms with Gasteiger partial charge in [-0.3, -0.25) is 14.5 Å². The number of hydrogen-bond acceptors (Lipinski definition) is 7. The largest absolute Gasteiger partial charge is 0.477 e. The van der Waals surface area contributed by atoms with Crippen molar-refractivity contribution in [1.29, 1.82) is 0 Å². The molecule has 0 spiro atoms. The molecule has 0 bridgehead atoms. The SMILES string of the molecule is CN/C=C(C(=O)Nc1c(N2CC(C)N(C)C(C)C2)cc(F)c(-c2ccnc(OCC3CC3)c2)c1F)\C(=C/C=O)C(F)(F)F. The van der Waals surface area contributed by atoms with E-state index in [0.717, 1.165) is 25.1 Å². The second kappa shape index (κ2) is 13.1. The number of alkyl halides is 3. The predicted octanol–water partition coefficient (Wildman–Crippen LogP) is 5.07. The first-order valence-corrected chi connectivity index (χ1v) is 13.9. The number of allylic oxidation sites excluding steroid dienone is 1. The number of nitrogens with one attached hydrogen (secondary N) is 2. The van der Waals surface area contributed by atoms with Crippen LogP contribution in [0.5, 0.6) is 5.88 Å². The Balaban J connectivity index is 1.83. The highest BCUT2D eigenvalue weighted by Gasteiger charge is 2.39. The third-order valence-corrected chi connectivity index (χ3v) is 7.69. The third kappa shape index (κ3) is 7.32. The van der Waals surface area contributed by atoms with Crippen LogP contribution in [0.3, 0.4) is 0 Å². The second-order valence-corrected chi connectivity index (χ2v) is 10.9. The van der Waals surface area contributed by atoms with Crippen LogP contribution in [0.25, 0.3) is 11.1 Å². The summed E-state index contributed by atoms with van der Waals surface area (Å²) in [5, 5.41) is 4.63. The molecule has 2 N–H and O–H groups in total. The molecule has 232 valence electrons. The Kier molecular flexibility index (Phi) is 9.73. The lowest BCUT2D eigenvalue weighted by atomic mass is 10.0. The summed E-state index contributed by atoms with van der Waals surface area (Å²) in [6, 6.07) is 3.72. The van der Waals surface area contributed by atoms with Crippen LogP contribution < -0.4 is 20.3 Å². The van der Waals surface area contributed by atoms with Gasteiger partial charge < -0.3 is 20.3 Å². The van der Waals surface area contributed by atoms with Crippen LogP contribution >= 0.6 is 0 Å². The number of piperazine rings is 1. The molecule has 2 atom stereocenters. The second-order valence-electron chi connectivity index (χ2n) is 10.9. The van der Waals surface area contributed by atoms with Crippen LogP contribution in [-0.4, -0.2) is 74.1 Å². The van der Waals surface area contributed by atoms with Crippen LogP contribution in [0.2, 0.25) is 0 Å². The van der Waals surface area contributed by atoms with E-state index in [2.05, 4.69) is 20.5 Å².